The molecule has 1 aliphatic heterocycles. The highest BCUT2D eigenvalue weighted by Gasteiger charge is 2.14. The highest BCUT2D eigenvalue weighted by molar-refractivity contribution is 5.86. The second-order valence-corrected chi connectivity index (χ2v) is 6.02. The Morgan fingerprint density at radius 1 is 1.13 bits per heavy atom. The predicted octanol–water partition coefficient (Wildman–Crippen LogP) is 3.36. The Balaban J connectivity index is 1.59. The minimum absolute atomic E-state index is 0.600. The van der Waals surface area contributed by atoms with Crippen LogP contribution in [-0.2, 0) is 13.6 Å². The predicted molar refractivity (Wildman–Crippen MR) is 89.5 cm³/mol. The first-order valence-corrected chi connectivity index (χ1v) is 8.06. The van der Waals surface area contributed by atoms with Gasteiger partial charge in [-0.1, -0.05) is 12.1 Å². The van der Waals surface area contributed by atoms with Crippen LogP contribution < -0.4 is 4.74 Å². The van der Waals surface area contributed by atoms with Crippen molar-refractivity contribution in [2.75, 3.05) is 13.1 Å². The van der Waals surface area contributed by atoms with Gasteiger partial charge in [0.05, 0.1) is 12.1 Å². The lowest BCUT2D eigenvalue weighted by Gasteiger charge is -2.13. The molecular formula is C18H20N4O. The van der Waals surface area contributed by atoms with Crippen LogP contribution in [0.2, 0.25) is 0 Å². The largest absolute Gasteiger partial charge is 0.437 e. The van der Waals surface area contributed by atoms with E-state index in [1.54, 1.807) is 6.20 Å². The monoisotopic (exact) mass is 308 g/mol. The van der Waals surface area contributed by atoms with Gasteiger partial charge in [0.1, 0.15) is 5.82 Å². The number of fused-ring (bicyclic) bond motifs is 1. The molecule has 0 unspecified atom stereocenters. The quantitative estimate of drug-likeness (QED) is 0.741. The summed E-state index contributed by atoms with van der Waals surface area (Å²) < 4.78 is 8.11. The number of para-hydroxylation sites is 1. The molecule has 1 fully saturated rings. The first kappa shape index (κ1) is 14.2. The number of hydrogen-bond acceptors (Lipinski definition) is 4. The molecule has 0 bridgehead atoms. The van der Waals surface area contributed by atoms with Crippen LogP contribution in [0.4, 0.5) is 0 Å². The van der Waals surface area contributed by atoms with E-state index < -0.39 is 0 Å². The van der Waals surface area contributed by atoms with Gasteiger partial charge in [0, 0.05) is 30.9 Å². The molecule has 118 valence electrons. The van der Waals surface area contributed by atoms with Gasteiger partial charge in [-0.05, 0) is 38.1 Å². The van der Waals surface area contributed by atoms with Gasteiger partial charge in [-0.2, -0.15) is 4.98 Å². The zero-order valence-electron chi connectivity index (χ0n) is 13.3. The number of aromatic nitrogens is 3. The van der Waals surface area contributed by atoms with Crippen LogP contribution in [0.15, 0.2) is 42.7 Å². The van der Waals surface area contributed by atoms with Crippen molar-refractivity contribution in [3.8, 4) is 11.6 Å². The molecule has 0 atom stereocenters. The van der Waals surface area contributed by atoms with E-state index in [2.05, 4.69) is 31.6 Å². The third kappa shape index (κ3) is 2.92. The Hall–Kier alpha value is -2.40. The average molecular weight is 308 g/mol. The van der Waals surface area contributed by atoms with E-state index in [0.29, 0.717) is 5.88 Å². The minimum Gasteiger partial charge on any atom is -0.437 e. The molecule has 1 aromatic carbocycles. The van der Waals surface area contributed by atoms with E-state index in [9.17, 15) is 0 Å². The molecular weight excluding hydrogens is 288 g/mol. The second-order valence-electron chi connectivity index (χ2n) is 6.02. The van der Waals surface area contributed by atoms with E-state index in [1.807, 2.05) is 31.4 Å². The highest BCUT2D eigenvalue weighted by Crippen LogP contribution is 2.29. The average Bonchev–Trinajstić information content (AvgIpc) is 3.19. The maximum absolute atomic E-state index is 6.05. The van der Waals surface area contributed by atoms with Gasteiger partial charge < -0.3 is 9.30 Å². The molecule has 5 heteroatoms. The topological polar surface area (TPSA) is 43.2 Å². The molecule has 4 rings (SSSR count). The summed E-state index contributed by atoms with van der Waals surface area (Å²) in [6.07, 6.45) is 6.35. The zero-order valence-corrected chi connectivity index (χ0v) is 13.3. The summed E-state index contributed by atoms with van der Waals surface area (Å²) in [6.45, 7) is 3.07. The summed E-state index contributed by atoms with van der Waals surface area (Å²) in [5.41, 5.74) is 1.08. The van der Waals surface area contributed by atoms with Crippen molar-refractivity contribution < 1.29 is 4.74 Å². The van der Waals surface area contributed by atoms with Crippen molar-refractivity contribution in [1.82, 2.24) is 19.4 Å². The molecule has 0 saturated carbocycles. The number of nitrogens with zero attached hydrogens (tertiary/aromatic N) is 4. The highest BCUT2D eigenvalue weighted by atomic mass is 16.5. The van der Waals surface area contributed by atoms with Gasteiger partial charge in [0.25, 0.3) is 0 Å². The summed E-state index contributed by atoms with van der Waals surface area (Å²) in [6, 6.07) is 9.96. The second kappa shape index (κ2) is 6.01. The summed E-state index contributed by atoms with van der Waals surface area (Å²) in [7, 11) is 2.02. The molecule has 0 amide bonds. The minimum atomic E-state index is 0.600. The van der Waals surface area contributed by atoms with Crippen molar-refractivity contribution >= 4 is 10.9 Å². The van der Waals surface area contributed by atoms with Gasteiger partial charge in [0.2, 0.25) is 5.88 Å². The number of ether oxygens (including phenoxy) is 1. The lowest BCUT2D eigenvalue weighted by Crippen LogP contribution is -2.20. The van der Waals surface area contributed by atoms with Crippen LogP contribution in [0.1, 0.15) is 18.7 Å². The number of hydrogen-bond donors (Lipinski definition) is 0. The number of likely N-dealkylation sites (tertiary alicyclic amines) is 1. The summed E-state index contributed by atoms with van der Waals surface area (Å²) in [4.78, 5) is 11.3. The van der Waals surface area contributed by atoms with E-state index in [0.717, 1.165) is 42.1 Å². The van der Waals surface area contributed by atoms with Crippen LogP contribution >= 0.6 is 0 Å². The van der Waals surface area contributed by atoms with Gasteiger partial charge in [0.15, 0.2) is 5.75 Å². The van der Waals surface area contributed by atoms with Crippen molar-refractivity contribution in [2.45, 2.75) is 19.4 Å². The van der Waals surface area contributed by atoms with Gasteiger partial charge in [-0.3, -0.25) is 4.90 Å². The SMILES string of the molecule is Cn1ccc2cccc(Oc3ccnc(CN4CCCC4)n3)c21. The maximum atomic E-state index is 6.05. The fourth-order valence-corrected chi connectivity index (χ4v) is 3.17. The van der Waals surface area contributed by atoms with E-state index in [4.69, 9.17) is 4.74 Å². The third-order valence-electron chi connectivity index (χ3n) is 4.32. The fraction of sp³-hybridized carbons (Fsp3) is 0.333. The van der Waals surface area contributed by atoms with Gasteiger partial charge in [-0.15, -0.1) is 0 Å². The molecule has 1 saturated heterocycles. The van der Waals surface area contributed by atoms with E-state index in [-0.39, 0.29) is 0 Å². The van der Waals surface area contributed by atoms with Crippen molar-refractivity contribution in [3.63, 3.8) is 0 Å². The molecule has 0 radical (unpaired) electrons. The Kier molecular flexibility index (Phi) is 3.71. The van der Waals surface area contributed by atoms with Gasteiger partial charge in [-0.25, -0.2) is 4.98 Å². The smallest absolute Gasteiger partial charge is 0.222 e. The first-order chi connectivity index (χ1) is 11.3. The summed E-state index contributed by atoms with van der Waals surface area (Å²) in [5.74, 6) is 2.24. The molecule has 1 aliphatic rings. The Morgan fingerprint density at radius 3 is 2.87 bits per heavy atom. The van der Waals surface area contributed by atoms with Crippen molar-refractivity contribution in [2.24, 2.45) is 7.05 Å². The first-order valence-electron chi connectivity index (χ1n) is 8.06. The van der Waals surface area contributed by atoms with Crippen LogP contribution in [-0.4, -0.2) is 32.5 Å². The molecule has 0 N–H and O–H groups in total. The molecule has 23 heavy (non-hydrogen) atoms. The molecule has 0 aliphatic carbocycles. The maximum Gasteiger partial charge on any atom is 0.222 e. The lowest BCUT2D eigenvalue weighted by atomic mass is 10.2. The number of aryl methyl sites for hydroxylation is 1. The fourth-order valence-electron chi connectivity index (χ4n) is 3.17. The normalized spacial score (nSPS) is 15.3. The Bertz CT molecular complexity index is 821. The molecule has 0 spiro atoms. The lowest BCUT2D eigenvalue weighted by molar-refractivity contribution is 0.320. The van der Waals surface area contributed by atoms with Crippen LogP contribution in [0.25, 0.3) is 10.9 Å². The van der Waals surface area contributed by atoms with E-state index >= 15 is 0 Å². The summed E-state index contributed by atoms with van der Waals surface area (Å²) >= 11 is 0. The Labute approximate surface area is 135 Å². The molecule has 3 aromatic rings. The van der Waals surface area contributed by atoms with Crippen LogP contribution in [0.5, 0.6) is 11.6 Å². The summed E-state index contributed by atoms with van der Waals surface area (Å²) in [5, 5.41) is 1.16. The van der Waals surface area contributed by atoms with Crippen molar-refractivity contribution in [3.05, 3.63) is 48.5 Å². The van der Waals surface area contributed by atoms with Gasteiger partial charge >= 0.3 is 0 Å². The molecule has 2 aromatic heterocycles. The van der Waals surface area contributed by atoms with E-state index in [1.165, 1.54) is 12.8 Å². The third-order valence-corrected chi connectivity index (χ3v) is 4.32. The number of rotatable bonds is 4. The van der Waals surface area contributed by atoms with Crippen LogP contribution in [0, 0.1) is 0 Å². The Morgan fingerprint density at radius 2 is 2.00 bits per heavy atom. The standard InChI is InChI=1S/C18H20N4O/c1-21-12-8-14-5-4-6-15(18(14)21)23-17-7-9-19-16(20-17)13-22-10-2-3-11-22/h4-9,12H,2-3,10-11,13H2,1H3. The van der Waals surface area contributed by atoms with Crippen molar-refractivity contribution in [1.29, 1.82) is 0 Å². The number of benzene rings is 1. The van der Waals surface area contributed by atoms with Crippen LogP contribution in [0.3, 0.4) is 0 Å². The zero-order chi connectivity index (χ0) is 15.6. The molecule has 3 heterocycles. The molecule has 5 nitrogen and oxygen atoms in total.